The Hall–Kier alpha value is -0.410. The molecule has 0 saturated carbocycles. The number of carbonyl (C=O) groups is 1. The maximum absolute atomic E-state index is 11.3. The summed E-state index contributed by atoms with van der Waals surface area (Å²) in [6.45, 7) is 5.48. The second kappa shape index (κ2) is 3.15. The van der Waals surface area contributed by atoms with Crippen LogP contribution in [0.1, 0.15) is 33.6 Å². The van der Waals surface area contributed by atoms with Crippen molar-refractivity contribution >= 4 is 5.78 Å². The minimum atomic E-state index is -0.950. The maximum atomic E-state index is 11.3. The summed E-state index contributed by atoms with van der Waals surface area (Å²) >= 11 is 0. The summed E-state index contributed by atoms with van der Waals surface area (Å²) in [5.74, 6) is -0.165. The lowest BCUT2D eigenvalue weighted by Crippen LogP contribution is -2.35. The summed E-state index contributed by atoms with van der Waals surface area (Å²) in [5, 5.41) is 9.45. The lowest BCUT2D eigenvalue weighted by Gasteiger charge is -2.20. The van der Waals surface area contributed by atoms with Crippen LogP contribution in [-0.2, 0) is 9.53 Å². The molecule has 3 nitrogen and oxygen atoms in total. The molecule has 1 aliphatic rings. The molecule has 1 fully saturated rings. The van der Waals surface area contributed by atoms with Crippen molar-refractivity contribution in [2.24, 2.45) is 0 Å². The highest BCUT2D eigenvalue weighted by Gasteiger charge is 2.47. The molecule has 0 aliphatic carbocycles. The highest BCUT2D eigenvalue weighted by molar-refractivity contribution is 5.90. The van der Waals surface area contributed by atoms with Gasteiger partial charge in [0, 0.05) is 0 Å². The number of aliphatic hydroxyl groups is 1. The molecule has 1 aliphatic heterocycles. The number of Topliss-reactive ketones (excluding diaryl/α,β-unsaturated/α-hetero) is 1. The number of hydrogen-bond donors (Lipinski definition) is 1. The summed E-state index contributed by atoms with van der Waals surface area (Å²) in [5.41, 5.74) is -0.697. The van der Waals surface area contributed by atoms with E-state index in [0.717, 1.165) is 6.42 Å². The SMILES string of the molecule is CCC[C@@H]1OC(C)(C)[C@H](O)C1=O. The predicted molar refractivity (Wildman–Crippen MR) is 44.9 cm³/mol. The summed E-state index contributed by atoms with van der Waals surface area (Å²) < 4.78 is 5.41. The van der Waals surface area contributed by atoms with E-state index in [1.165, 1.54) is 0 Å². The van der Waals surface area contributed by atoms with Crippen molar-refractivity contribution in [2.45, 2.75) is 51.4 Å². The van der Waals surface area contributed by atoms with E-state index >= 15 is 0 Å². The molecule has 70 valence electrons. The second-order valence-corrected chi connectivity index (χ2v) is 3.80. The Morgan fingerprint density at radius 1 is 1.58 bits per heavy atom. The third kappa shape index (κ3) is 1.52. The predicted octanol–water partition coefficient (Wildman–Crippen LogP) is 0.894. The first-order valence-corrected chi connectivity index (χ1v) is 4.38. The van der Waals surface area contributed by atoms with Gasteiger partial charge in [0.05, 0.1) is 5.60 Å². The van der Waals surface area contributed by atoms with Crippen LogP contribution in [0, 0.1) is 0 Å². The molecular formula is C9H16O3. The van der Waals surface area contributed by atoms with Gasteiger partial charge in [-0.25, -0.2) is 0 Å². The van der Waals surface area contributed by atoms with E-state index in [-0.39, 0.29) is 11.9 Å². The van der Waals surface area contributed by atoms with Crippen molar-refractivity contribution in [3.8, 4) is 0 Å². The topological polar surface area (TPSA) is 46.5 Å². The van der Waals surface area contributed by atoms with Crippen LogP contribution in [0.4, 0.5) is 0 Å². The van der Waals surface area contributed by atoms with Crippen LogP contribution in [0.3, 0.4) is 0 Å². The quantitative estimate of drug-likeness (QED) is 0.673. The molecule has 0 radical (unpaired) electrons. The maximum Gasteiger partial charge on any atom is 0.192 e. The van der Waals surface area contributed by atoms with Gasteiger partial charge in [-0.1, -0.05) is 13.3 Å². The fourth-order valence-electron chi connectivity index (χ4n) is 1.47. The molecule has 1 N–H and O–H groups in total. The van der Waals surface area contributed by atoms with Gasteiger partial charge >= 0.3 is 0 Å². The van der Waals surface area contributed by atoms with Gasteiger partial charge in [-0.2, -0.15) is 0 Å². The standard InChI is InChI=1S/C9H16O3/c1-4-5-6-7(10)8(11)9(2,3)12-6/h6,8,11H,4-5H2,1-3H3/t6-,8+/m0/s1. The van der Waals surface area contributed by atoms with Crippen molar-refractivity contribution in [2.75, 3.05) is 0 Å². The number of hydrogen-bond acceptors (Lipinski definition) is 3. The van der Waals surface area contributed by atoms with Gasteiger partial charge < -0.3 is 9.84 Å². The van der Waals surface area contributed by atoms with Gasteiger partial charge in [0.25, 0.3) is 0 Å². The monoisotopic (exact) mass is 172 g/mol. The summed E-state index contributed by atoms with van der Waals surface area (Å²) in [6, 6.07) is 0. The van der Waals surface area contributed by atoms with E-state index in [0.29, 0.717) is 6.42 Å². The average Bonchev–Trinajstić information content (AvgIpc) is 2.16. The zero-order valence-corrected chi connectivity index (χ0v) is 7.83. The molecule has 0 aromatic carbocycles. The van der Waals surface area contributed by atoms with E-state index in [2.05, 4.69) is 0 Å². The second-order valence-electron chi connectivity index (χ2n) is 3.80. The molecule has 12 heavy (non-hydrogen) atoms. The zero-order valence-electron chi connectivity index (χ0n) is 7.83. The number of carbonyl (C=O) groups excluding carboxylic acids is 1. The Bertz CT molecular complexity index is 186. The molecule has 0 unspecified atom stereocenters. The van der Waals surface area contributed by atoms with Crippen molar-refractivity contribution < 1.29 is 14.6 Å². The van der Waals surface area contributed by atoms with Crippen molar-refractivity contribution in [3.05, 3.63) is 0 Å². The summed E-state index contributed by atoms with van der Waals surface area (Å²) in [7, 11) is 0. The molecule has 3 heteroatoms. The van der Waals surface area contributed by atoms with Crippen LogP contribution in [0.25, 0.3) is 0 Å². The zero-order chi connectivity index (χ0) is 9.35. The molecule has 1 rings (SSSR count). The average molecular weight is 172 g/mol. The highest BCUT2D eigenvalue weighted by atomic mass is 16.5. The molecule has 1 saturated heterocycles. The lowest BCUT2D eigenvalue weighted by atomic mass is 9.99. The fourth-order valence-corrected chi connectivity index (χ4v) is 1.47. The molecule has 0 aromatic heterocycles. The Kier molecular flexibility index (Phi) is 2.54. The van der Waals surface area contributed by atoms with Gasteiger partial charge in [0.15, 0.2) is 5.78 Å². The molecular weight excluding hydrogens is 156 g/mol. The van der Waals surface area contributed by atoms with Crippen LogP contribution in [0.5, 0.6) is 0 Å². The molecule has 0 spiro atoms. The molecule has 0 aromatic rings. The first-order valence-electron chi connectivity index (χ1n) is 4.38. The third-order valence-corrected chi connectivity index (χ3v) is 2.24. The Morgan fingerprint density at radius 3 is 2.50 bits per heavy atom. The van der Waals surface area contributed by atoms with Crippen LogP contribution < -0.4 is 0 Å². The summed E-state index contributed by atoms with van der Waals surface area (Å²) in [6.07, 6.45) is 0.271. The first-order chi connectivity index (χ1) is 5.49. The van der Waals surface area contributed by atoms with Crippen molar-refractivity contribution in [3.63, 3.8) is 0 Å². The van der Waals surface area contributed by atoms with Crippen LogP contribution in [0.15, 0.2) is 0 Å². The third-order valence-electron chi connectivity index (χ3n) is 2.24. The van der Waals surface area contributed by atoms with Crippen LogP contribution in [0.2, 0.25) is 0 Å². The smallest absolute Gasteiger partial charge is 0.192 e. The normalized spacial score (nSPS) is 34.2. The number of ketones is 1. The van der Waals surface area contributed by atoms with Crippen molar-refractivity contribution in [1.29, 1.82) is 0 Å². The lowest BCUT2D eigenvalue weighted by molar-refractivity contribution is -0.127. The number of ether oxygens (including phenoxy) is 1. The Morgan fingerprint density at radius 2 is 2.17 bits per heavy atom. The summed E-state index contributed by atoms with van der Waals surface area (Å²) in [4.78, 5) is 11.3. The molecule has 0 bridgehead atoms. The van der Waals surface area contributed by atoms with Gasteiger partial charge in [-0.3, -0.25) is 4.79 Å². The van der Waals surface area contributed by atoms with Gasteiger partial charge in [-0.05, 0) is 20.3 Å². The van der Waals surface area contributed by atoms with Crippen LogP contribution in [-0.4, -0.2) is 28.7 Å². The van der Waals surface area contributed by atoms with E-state index in [1.807, 2.05) is 6.92 Å². The Balaban J connectivity index is 2.68. The van der Waals surface area contributed by atoms with E-state index in [4.69, 9.17) is 4.74 Å². The van der Waals surface area contributed by atoms with E-state index < -0.39 is 11.7 Å². The molecule has 0 amide bonds. The minimum Gasteiger partial charge on any atom is -0.382 e. The number of aliphatic hydroxyl groups excluding tert-OH is 1. The Labute approximate surface area is 72.7 Å². The minimum absolute atomic E-state index is 0.165. The van der Waals surface area contributed by atoms with E-state index in [1.54, 1.807) is 13.8 Å². The van der Waals surface area contributed by atoms with Crippen LogP contribution >= 0.6 is 0 Å². The number of rotatable bonds is 2. The van der Waals surface area contributed by atoms with E-state index in [9.17, 15) is 9.90 Å². The first kappa shape index (κ1) is 9.68. The van der Waals surface area contributed by atoms with Gasteiger partial charge in [0.2, 0.25) is 0 Å². The molecule has 1 heterocycles. The molecule has 2 atom stereocenters. The van der Waals surface area contributed by atoms with Crippen molar-refractivity contribution in [1.82, 2.24) is 0 Å². The van der Waals surface area contributed by atoms with Gasteiger partial charge in [0.1, 0.15) is 12.2 Å². The van der Waals surface area contributed by atoms with Gasteiger partial charge in [-0.15, -0.1) is 0 Å². The largest absolute Gasteiger partial charge is 0.382 e. The highest BCUT2D eigenvalue weighted by Crippen LogP contribution is 2.29. The fraction of sp³-hybridized carbons (Fsp3) is 0.889.